The summed E-state index contributed by atoms with van der Waals surface area (Å²) >= 11 is 0. The second-order valence-corrected chi connectivity index (χ2v) is 13.7. The molecule has 0 aliphatic heterocycles. The quantitative estimate of drug-likeness (QED) is 0.425. The third kappa shape index (κ3) is 3.84. The second-order valence-electron chi connectivity index (χ2n) is 13.7. The van der Waals surface area contributed by atoms with Crippen molar-refractivity contribution in [2.45, 2.75) is 123 Å². The topological polar surface area (TPSA) is 101 Å². The Balaban J connectivity index is 1.62. The van der Waals surface area contributed by atoms with Gasteiger partial charge in [0.2, 0.25) is 0 Å². The maximum atomic E-state index is 11.6. The fourth-order valence-electron chi connectivity index (χ4n) is 9.45. The average molecular weight is 467 g/mol. The highest BCUT2D eigenvalue weighted by atomic mass is 16.3. The van der Waals surface area contributed by atoms with Gasteiger partial charge in [-0.1, -0.05) is 54.4 Å². The van der Waals surface area contributed by atoms with Gasteiger partial charge in [-0.05, 0) is 78.9 Å². The summed E-state index contributed by atoms with van der Waals surface area (Å²) < 4.78 is 0. The number of aliphatic hydroxyl groups is 5. The highest BCUT2D eigenvalue weighted by Gasteiger charge is 2.71. The minimum Gasteiger partial charge on any atom is -0.393 e. The summed E-state index contributed by atoms with van der Waals surface area (Å²) in [5.74, 6) is 2.03. The Bertz CT molecular complexity index is 712. The van der Waals surface area contributed by atoms with E-state index >= 15 is 0 Å². The fourth-order valence-corrected chi connectivity index (χ4v) is 9.45. The molecule has 0 spiro atoms. The van der Waals surface area contributed by atoms with Crippen LogP contribution in [-0.2, 0) is 0 Å². The van der Waals surface area contributed by atoms with Gasteiger partial charge in [-0.15, -0.1) is 0 Å². The molecule has 4 rings (SSSR count). The molecule has 4 saturated carbocycles. The molecule has 0 amide bonds. The first-order valence-electron chi connectivity index (χ1n) is 13.7. The van der Waals surface area contributed by atoms with Gasteiger partial charge in [-0.2, -0.15) is 0 Å². The van der Waals surface area contributed by atoms with Crippen molar-refractivity contribution in [1.82, 2.24) is 0 Å². The zero-order valence-electron chi connectivity index (χ0n) is 21.7. The molecule has 0 saturated heterocycles. The lowest BCUT2D eigenvalue weighted by Crippen LogP contribution is -2.71. The summed E-state index contributed by atoms with van der Waals surface area (Å²) in [6.07, 6.45) is 2.92. The van der Waals surface area contributed by atoms with Crippen LogP contribution in [-0.4, -0.2) is 55.5 Å². The fraction of sp³-hybridized carbons (Fsp3) is 1.00. The lowest BCUT2D eigenvalue weighted by molar-refractivity contribution is -0.286. The average Bonchev–Trinajstić information content (AvgIpc) is 2.98. The van der Waals surface area contributed by atoms with Crippen molar-refractivity contribution >= 4 is 0 Å². The molecular weight excluding hydrogens is 416 g/mol. The van der Waals surface area contributed by atoms with E-state index in [2.05, 4.69) is 34.6 Å². The smallest absolute Gasteiger partial charge is 0.0986 e. The standard InChI is InChI=1S/C28H50O5/c1-15(2)16(3)7-8-17(4)20-12-21(30)24-19-11-23(32)28(33)13-18(29)9-10-27(28,6)25(19)22(31)14-26(20,24)5/h15-25,29-33H,7-14H2,1-6H3. The number of aliphatic hydroxyl groups excluding tert-OH is 4. The number of fused-ring (bicyclic) bond motifs is 5. The Morgan fingerprint density at radius 3 is 2.15 bits per heavy atom. The van der Waals surface area contributed by atoms with Crippen molar-refractivity contribution in [2.24, 2.45) is 52.3 Å². The molecule has 0 heterocycles. The van der Waals surface area contributed by atoms with E-state index in [1.165, 1.54) is 6.42 Å². The highest BCUT2D eigenvalue weighted by Crippen LogP contribution is 2.69. The summed E-state index contributed by atoms with van der Waals surface area (Å²) in [5, 5.41) is 56.2. The molecule has 4 fully saturated rings. The van der Waals surface area contributed by atoms with Crippen LogP contribution < -0.4 is 0 Å². The number of hydrogen-bond acceptors (Lipinski definition) is 5. The summed E-state index contributed by atoms with van der Waals surface area (Å²) in [4.78, 5) is 0. The lowest BCUT2D eigenvalue weighted by Gasteiger charge is -2.66. The van der Waals surface area contributed by atoms with Crippen molar-refractivity contribution in [3.63, 3.8) is 0 Å². The van der Waals surface area contributed by atoms with Gasteiger partial charge in [-0.3, -0.25) is 0 Å². The number of rotatable bonds is 5. The summed E-state index contributed by atoms with van der Waals surface area (Å²) in [6, 6.07) is 0. The molecule has 33 heavy (non-hydrogen) atoms. The molecule has 0 bridgehead atoms. The van der Waals surface area contributed by atoms with Gasteiger partial charge < -0.3 is 25.5 Å². The Morgan fingerprint density at radius 1 is 0.848 bits per heavy atom. The first-order valence-corrected chi connectivity index (χ1v) is 13.7. The molecule has 13 atom stereocenters. The molecule has 4 aliphatic carbocycles. The van der Waals surface area contributed by atoms with E-state index in [4.69, 9.17) is 0 Å². The monoisotopic (exact) mass is 466 g/mol. The molecule has 0 aromatic heterocycles. The third-order valence-corrected chi connectivity index (χ3v) is 11.7. The maximum absolute atomic E-state index is 11.6. The Kier molecular flexibility index (Phi) is 6.84. The molecule has 0 aromatic carbocycles. The first kappa shape index (κ1) is 25.9. The van der Waals surface area contributed by atoms with Gasteiger partial charge >= 0.3 is 0 Å². The molecule has 13 unspecified atom stereocenters. The van der Waals surface area contributed by atoms with Crippen LogP contribution in [0.5, 0.6) is 0 Å². The van der Waals surface area contributed by atoms with Crippen molar-refractivity contribution in [2.75, 3.05) is 0 Å². The van der Waals surface area contributed by atoms with Crippen LogP contribution in [0.25, 0.3) is 0 Å². The van der Waals surface area contributed by atoms with E-state index in [1.54, 1.807) is 0 Å². The molecule has 5 N–H and O–H groups in total. The second kappa shape index (κ2) is 8.73. The van der Waals surface area contributed by atoms with Crippen LogP contribution >= 0.6 is 0 Å². The van der Waals surface area contributed by atoms with Gasteiger partial charge in [0.1, 0.15) is 0 Å². The van der Waals surface area contributed by atoms with Gasteiger partial charge in [0.25, 0.3) is 0 Å². The Hall–Kier alpha value is -0.200. The molecule has 0 radical (unpaired) electrons. The van der Waals surface area contributed by atoms with Gasteiger partial charge in [0.15, 0.2) is 0 Å². The first-order chi connectivity index (χ1) is 15.3. The van der Waals surface area contributed by atoms with Crippen LogP contribution in [0.15, 0.2) is 0 Å². The van der Waals surface area contributed by atoms with Crippen molar-refractivity contribution in [1.29, 1.82) is 0 Å². The van der Waals surface area contributed by atoms with Crippen LogP contribution in [0.2, 0.25) is 0 Å². The molecule has 192 valence electrons. The Morgan fingerprint density at radius 2 is 1.52 bits per heavy atom. The molecule has 5 heteroatoms. The van der Waals surface area contributed by atoms with Crippen LogP contribution in [0.1, 0.15) is 92.9 Å². The van der Waals surface area contributed by atoms with Crippen LogP contribution in [0, 0.1) is 52.3 Å². The molecule has 0 aromatic rings. The van der Waals surface area contributed by atoms with E-state index in [0.29, 0.717) is 49.4 Å². The predicted molar refractivity (Wildman–Crippen MR) is 129 cm³/mol. The van der Waals surface area contributed by atoms with E-state index in [-0.39, 0.29) is 29.6 Å². The van der Waals surface area contributed by atoms with Crippen LogP contribution in [0.4, 0.5) is 0 Å². The van der Waals surface area contributed by atoms with Crippen molar-refractivity contribution < 1.29 is 25.5 Å². The van der Waals surface area contributed by atoms with Gasteiger partial charge in [0.05, 0.1) is 30.0 Å². The molecule has 4 aliphatic rings. The summed E-state index contributed by atoms with van der Waals surface area (Å²) in [7, 11) is 0. The van der Waals surface area contributed by atoms with E-state index in [9.17, 15) is 25.5 Å². The maximum Gasteiger partial charge on any atom is 0.0986 e. The SMILES string of the molecule is CC(C)C(C)CCC(C)C1CC(O)C2C3CC(O)C4(O)CC(O)CCC4(C)C3C(O)CC12C. The zero-order valence-corrected chi connectivity index (χ0v) is 21.7. The summed E-state index contributed by atoms with van der Waals surface area (Å²) in [5.41, 5.74) is -2.21. The van der Waals surface area contributed by atoms with Crippen molar-refractivity contribution in [3.8, 4) is 0 Å². The lowest BCUT2D eigenvalue weighted by atomic mass is 9.41. The zero-order chi connectivity index (χ0) is 24.5. The molecular formula is C28H50O5. The van der Waals surface area contributed by atoms with Gasteiger partial charge in [0, 0.05) is 11.8 Å². The minimum atomic E-state index is -1.39. The number of hydrogen-bond donors (Lipinski definition) is 5. The predicted octanol–water partition coefficient (Wildman–Crippen LogP) is 3.74. The van der Waals surface area contributed by atoms with E-state index in [1.807, 2.05) is 6.92 Å². The highest BCUT2D eigenvalue weighted by molar-refractivity contribution is 5.20. The van der Waals surface area contributed by atoms with Crippen LogP contribution in [0.3, 0.4) is 0 Å². The largest absolute Gasteiger partial charge is 0.393 e. The Labute approximate surface area is 201 Å². The van der Waals surface area contributed by atoms with Gasteiger partial charge in [-0.25, -0.2) is 0 Å². The molecule has 5 nitrogen and oxygen atoms in total. The van der Waals surface area contributed by atoms with E-state index in [0.717, 1.165) is 12.8 Å². The van der Waals surface area contributed by atoms with Crippen molar-refractivity contribution in [3.05, 3.63) is 0 Å². The normalized spacial score (nSPS) is 53.8. The third-order valence-electron chi connectivity index (χ3n) is 11.7. The minimum absolute atomic E-state index is 0.0175. The van der Waals surface area contributed by atoms with E-state index < -0.39 is 35.4 Å². The summed E-state index contributed by atoms with van der Waals surface area (Å²) in [6.45, 7) is 13.5.